The van der Waals surface area contributed by atoms with Crippen LogP contribution in [-0.2, 0) is 5.41 Å². The maximum Gasteiger partial charge on any atom is 0.0843 e. The normalized spacial score (nSPS) is 17.1. The summed E-state index contributed by atoms with van der Waals surface area (Å²) >= 11 is 0. The third-order valence-electron chi connectivity index (χ3n) is 3.59. The molecule has 2 aromatic rings. The summed E-state index contributed by atoms with van der Waals surface area (Å²) in [5, 5.41) is 13.7. The van der Waals surface area contributed by atoms with Gasteiger partial charge in [0.2, 0.25) is 0 Å². The highest BCUT2D eigenvalue weighted by Gasteiger charge is 2.40. The van der Waals surface area contributed by atoms with E-state index in [4.69, 9.17) is 0 Å². The smallest absolute Gasteiger partial charge is 0.0843 e. The first-order valence-corrected chi connectivity index (χ1v) is 5.86. The molecule has 1 fully saturated rings. The molecule has 0 spiro atoms. The van der Waals surface area contributed by atoms with Crippen LogP contribution in [0.15, 0.2) is 42.7 Å². The van der Waals surface area contributed by atoms with Crippen LogP contribution in [0.1, 0.15) is 24.8 Å². The molecule has 0 N–H and O–H groups in total. The van der Waals surface area contributed by atoms with Gasteiger partial charge in [0.25, 0.3) is 0 Å². The Balaban J connectivity index is 2.15. The fourth-order valence-electron chi connectivity index (χ4n) is 2.46. The molecular weight excluding hydrogens is 210 g/mol. The number of nitriles is 1. The summed E-state index contributed by atoms with van der Waals surface area (Å²) in [4.78, 5) is 0. The van der Waals surface area contributed by atoms with E-state index in [0.717, 1.165) is 30.5 Å². The van der Waals surface area contributed by atoms with Crippen molar-refractivity contribution in [1.29, 1.82) is 5.26 Å². The average Bonchev–Trinajstić information content (AvgIpc) is 2.82. The molecule has 3 heteroatoms. The summed E-state index contributed by atoms with van der Waals surface area (Å²) < 4.78 is 1.84. The molecule has 84 valence electrons. The lowest BCUT2D eigenvalue weighted by molar-refractivity contribution is 0.323. The summed E-state index contributed by atoms with van der Waals surface area (Å²) in [5.41, 5.74) is 1.85. The number of rotatable bonds is 2. The minimum Gasteiger partial charge on any atom is -0.241 e. The van der Waals surface area contributed by atoms with Gasteiger partial charge in [-0.05, 0) is 37.0 Å². The summed E-state index contributed by atoms with van der Waals surface area (Å²) in [5.74, 6) is 0. The van der Waals surface area contributed by atoms with E-state index in [1.165, 1.54) is 0 Å². The Bertz CT molecular complexity index is 559. The van der Waals surface area contributed by atoms with Gasteiger partial charge in [0.1, 0.15) is 0 Å². The molecule has 0 aliphatic heterocycles. The molecule has 1 saturated carbocycles. The van der Waals surface area contributed by atoms with E-state index >= 15 is 0 Å². The largest absolute Gasteiger partial charge is 0.241 e. The van der Waals surface area contributed by atoms with E-state index in [1.54, 1.807) is 6.20 Å². The number of nitrogens with zero attached hydrogens (tertiary/aromatic N) is 3. The lowest BCUT2D eigenvalue weighted by Crippen LogP contribution is -2.33. The predicted molar refractivity (Wildman–Crippen MR) is 64.7 cm³/mol. The van der Waals surface area contributed by atoms with Crippen molar-refractivity contribution in [3.8, 4) is 11.8 Å². The summed E-state index contributed by atoms with van der Waals surface area (Å²) in [6, 6.07) is 12.5. The highest BCUT2D eigenvalue weighted by molar-refractivity contribution is 5.49. The third-order valence-corrected chi connectivity index (χ3v) is 3.59. The summed E-state index contributed by atoms with van der Waals surface area (Å²) in [6.07, 6.45) is 6.74. The van der Waals surface area contributed by atoms with Gasteiger partial charge in [0.05, 0.1) is 17.2 Å². The number of hydrogen-bond acceptors (Lipinski definition) is 2. The fourth-order valence-corrected chi connectivity index (χ4v) is 2.46. The quantitative estimate of drug-likeness (QED) is 0.785. The molecule has 1 aromatic heterocycles. The van der Waals surface area contributed by atoms with Crippen molar-refractivity contribution in [2.75, 3.05) is 0 Å². The molecule has 3 nitrogen and oxygen atoms in total. The first kappa shape index (κ1) is 10.1. The highest BCUT2D eigenvalue weighted by Crippen LogP contribution is 2.45. The maximum atomic E-state index is 9.43. The van der Waals surface area contributed by atoms with Crippen LogP contribution in [0, 0.1) is 11.3 Å². The van der Waals surface area contributed by atoms with Crippen molar-refractivity contribution < 1.29 is 0 Å². The van der Waals surface area contributed by atoms with Crippen molar-refractivity contribution in [2.24, 2.45) is 0 Å². The van der Waals surface area contributed by atoms with Crippen molar-refractivity contribution in [3.05, 3.63) is 48.3 Å². The minimum atomic E-state index is -0.289. The van der Waals surface area contributed by atoms with Crippen molar-refractivity contribution in [1.82, 2.24) is 9.78 Å². The maximum absolute atomic E-state index is 9.43. The van der Waals surface area contributed by atoms with Crippen LogP contribution in [-0.4, -0.2) is 9.78 Å². The van der Waals surface area contributed by atoms with Crippen molar-refractivity contribution in [3.63, 3.8) is 0 Å². The van der Waals surface area contributed by atoms with Crippen LogP contribution in [0.25, 0.3) is 5.69 Å². The lowest BCUT2D eigenvalue weighted by Gasteiger charge is -2.36. The Labute approximate surface area is 100 Å². The van der Waals surface area contributed by atoms with Crippen LogP contribution in [0.5, 0.6) is 0 Å². The van der Waals surface area contributed by atoms with Gasteiger partial charge in [-0.15, -0.1) is 0 Å². The van der Waals surface area contributed by atoms with Crippen LogP contribution in [0.2, 0.25) is 0 Å². The molecule has 1 aromatic carbocycles. The van der Waals surface area contributed by atoms with Crippen LogP contribution >= 0.6 is 0 Å². The molecule has 0 unspecified atom stereocenters. The first-order valence-electron chi connectivity index (χ1n) is 5.86. The number of benzene rings is 1. The summed E-state index contributed by atoms with van der Waals surface area (Å²) in [7, 11) is 0. The van der Waals surface area contributed by atoms with Gasteiger partial charge in [0, 0.05) is 12.4 Å². The molecule has 0 bridgehead atoms. The molecular formula is C14H13N3. The fraction of sp³-hybridized carbons (Fsp3) is 0.286. The van der Waals surface area contributed by atoms with Gasteiger partial charge < -0.3 is 0 Å². The van der Waals surface area contributed by atoms with Crippen molar-refractivity contribution in [2.45, 2.75) is 24.7 Å². The number of para-hydroxylation sites is 1. The Hall–Kier alpha value is -2.08. The molecule has 17 heavy (non-hydrogen) atoms. The second-order valence-electron chi connectivity index (χ2n) is 4.52. The number of aromatic nitrogens is 2. The predicted octanol–water partition coefficient (Wildman–Crippen LogP) is 2.82. The van der Waals surface area contributed by atoms with E-state index in [0.29, 0.717) is 0 Å². The van der Waals surface area contributed by atoms with Crippen LogP contribution < -0.4 is 0 Å². The van der Waals surface area contributed by atoms with Crippen LogP contribution in [0.4, 0.5) is 0 Å². The third kappa shape index (κ3) is 1.45. The molecule has 0 radical (unpaired) electrons. The van der Waals surface area contributed by atoms with Gasteiger partial charge in [-0.2, -0.15) is 10.4 Å². The SMILES string of the molecule is N#CC1(c2ccccc2-n2cccn2)CCC1. The molecule has 0 amide bonds. The van der Waals surface area contributed by atoms with Gasteiger partial charge >= 0.3 is 0 Å². The molecule has 3 rings (SSSR count). The van der Waals surface area contributed by atoms with E-state index in [1.807, 2.05) is 35.1 Å². The first-order chi connectivity index (χ1) is 8.36. The van der Waals surface area contributed by atoms with E-state index in [2.05, 4.69) is 17.2 Å². The lowest BCUT2D eigenvalue weighted by atomic mass is 9.65. The average molecular weight is 223 g/mol. The molecule has 1 aliphatic rings. The topological polar surface area (TPSA) is 41.6 Å². The minimum absolute atomic E-state index is 0.289. The zero-order valence-corrected chi connectivity index (χ0v) is 9.50. The molecule has 0 saturated heterocycles. The van der Waals surface area contributed by atoms with E-state index in [-0.39, 0.29) is 5.41 Å². The zero-order valence-electron chi connectivity index (χ0n) is 9.50. The molecule has 0 atom stereocenters. The highest BCUT2D eigenvalue weighted by atomic mass is 15.3. The van der Waals surface area contributed by atoms with Gasteiger partial charge in [-0.25, -0.2) is 4.68 Å². The number of hydrogen-bond donors (Lipinski definition) is 0. The second-order valence-corrected chi connectivity index (χ2v) is 4.52. The summed E-state index contributed by atoms with van der Waals surface area (Å²) in [6.45, 7) is 0. The second kappa shape index (κ2) is 3.74. The zero-order chi connectivity index (χ0) is 11.7. The van der Waals surface area contributed by atoms with Gasteiger partial charge in [-0.3, -0.25) is 0 Å². The van der Waals surface area contributed by atoms with Gasteiger partial charge in [0.15, 0.2) is 0 Å². The Morgan fingerprint density at radius 3 is 2.65 bits per heavy atom. The Kier molecular flexibility index (Phi) is 2.22. The van der Waals surface area contributed by atoms with Crippen molar-refractivity contribution >= 4 is 0 Å². The van der Waals surface area contributed by atoms with E-state index < -0.39 is 0 Å². The van der Waals surface area contributed by atoms with Crippen LogP contribution in [0.3, 0.4) is 0 Å². The van der Waals surface area contributed by atoms with E-state index in [9.17, 15) is 5.26 Å². The Morgan fingerprint density at radius 1 is 1.24 bits per heavy atom. The monoisotopic (exact) mass is 223 g/mol. The standard InChI is InChI=1S/C14H13N3/c15-11-14(7-3-8-14)12-5-1-2-6-13(12)17-10-4-9-16-17/h1-2,4-6,9-10H,3,7-8H2. The molecule has 1 aliphatic carbocycles. The van der Waals surface area contributed by atoms with Gasteiger partial charge in [-0.1, -0.05) is 18.2 Å². The molecule has 1 heterocycles. The Morgan fingerprint density at radius 2 is 2.06 bits per heavy atom.